The Hall–Kier alpha value is -0.870. The van der Waals surface area contributed by atoms with E-state index in [9.17, 15) is 4.79 Å². The lowest BCUT2D eigenvalue weighted by Gasteiger charge is -2.31. The second-order valence-corrected chi connectivity index (χ2v) is 5.84. The number of likely N-dealkylation sites (tertiary alicyclic amines) is 1. The predicted octanol–water partition coefficient (Wildman–Crippen LogP) is 2.91. The van der Waals surface area contributed by atoms with Crippen LogP contribution in [0.15, 0.2) is 17.5 Å². The highest BCUT2D eigenvalue weighted by atomic mass is 32.1. The Morgan fingerprint density at radius 3 is 2.89 bits per heavy atom. The van der Waals surface area contributed by atoms with Crippen LogP contribution < -0.4 is 0 Å². The lowest BCUT2D eigenvalue weighted by atomic mass is 9.93. The summed E-state index contributed by atoms with van der Waals surface area (Å²) < 4.78 is 5.01. The minimum atomic E-state index is -0.0331. The second kappa shape index (κ2) is 6.90. The van der Waals surface area contributed by atoms with Crippen molar-refractivity contribution in [3.63, 3.8) is 0 Å². The minimum Gasteiger partial charge on any atom is -0.466 e. The molecule has 0 unspecified atom stereocenters. The van der Waals surface area contributed by atoms with Gasteiger partial charge in [-0.15, -0.1) is 11.3 Å². The Labute approximate surface area is 113 Å². The number of piperidine rings is 1. The fraction of sp³-hybridized carbons (Fsp3) is 0.643. The van der Waals surface area contributed by atoms with Crippen molar-refractivity contribution in [1.29, 1.82) is 0 Å². The Morgan fingerprint density at radius 2 is 2.28 bits per heavy atom. The van der Waals surface area contributed by atoms with Gasteiger partial charge in [0.15, 0.2) is 0 Å². The van der Waals surface area contributed by atoms with Gasteiger partial charge in [0.25, 0.3) is 0 Å². The molecule has 0 aromatic carbocycles. The molecule has 1 aliphatic heterocycles. The molecule has 0 aliphatic carbocycles. The minimum absolute atomic E-state index is 0.0331. The fourth-order valence-corrected chi connectivity index (χ4v) is 3.17. The van der Waals surface area contributed by atoms with Gasteiger partial charge < -0.3 is 4.74 Å². The van der Waals surface area contributed by atoms with Gasteiger partial charge in [0.2, 0.25) is 0 Å². The highest BCUT2D eigenvalue weighted by Gasteiger charge is 2.22. The zero-order valence-electron chi connectivity index (χ0n) is 10.9. The Bertz CT molecular complexity index is 356. The van der Waals surface area contributed by atoms with E-state index in [1.54, 1.807) is 0 Å². The van der Waals surface area contributed by atoms with Crippen molar-refractivity contribution in [1.82, 2.24) is 4.90 Å². The molecule has 1 saturated heterocycles. The Kier molecular flexibility index (Phi) is 5.20. The molecule has 0 N–H and O–H groups in total. The number of nitrogens with zero attached hydrogens (tertiary/aromatic N) is 1. The maximum atomic E-state index is 11.4. The van der Waals surface area contributed by atoms with E-state index < -0.39 is 0 Å². The molecule has 0 atom stereocenters. The third kappa shape index (κ3) is 4.10. The molecule has 2 rings (SSSR count). The van der Waals surface area contributed by atoms with Crippen LogP contribution in [-0.2, 0) is 16.1 Å². The van der Waals surface area contributed by atoms with Crippen molar-refractivity contribution in [3.8, 4) is 0 Å². The van der Waals surface area contributed by atoms with Crippen LogP contribution in [0.2, 0.25) is 0 Å². The monoisotopic (exact) mass is 267 g/mol. The number of hydrogen-bond donors (Lipinski definition) is 0. The quantitative estimate of drug-likeness (QED) is 0.768. The summed E-state index contributed by atoms with van der Waals surface area (Å²) in [4.78, 5) is 15.3. The average molecular weight is 267 g/mol. The number of esters is 1. The molecule has 1 fully saturated rings. The van der Waals surface area contributed by atoms with Gasteiger partial charge in [0.05, 0.1) is 6.61 Å². The normalized spacial score (nSPS) is 17.8. The van der Waals surface area contributed by atoms with Crippen molar-refractivity contribution in [2.24, 2.45) is 5.92 Å². The average Bonchev–Trinajstić information content (AvgIpc) is 2.85. The molecule has 2 heterocycles. The van der Waals surface area contributed by atoms with E-state index in [4.69, 9.17) is 4.74 Å². The van der Waals surface area contributed by atoms with E-state index in [2.05, 4.69) is 22.4 Å². The van der Waals surface area contributed by atoms with Crippen LogP contribution in [0.1, 0.15) is 31.1 Å². The van der Waals surface area contributed by atoms with E-state index >= 15 is 0 Å². The first-order valence-corrected chi connectivity index (χ1v) is 7.56. The fourth-order valence-electron chi connectivity index (χ4n) is 2.43. The zero-order valence-corrected chi connectivity index (χ0v) is 11.7. The topological polar surface area (TPSA) is 29.5 Å². The number of carbonyl (C=O) groups is 1. The lowest BCUT2D eigenvalue weighted by molar-refractivity contribution is -0.144. The van der Waals surface area contributed by atoms with Gasteiger partial charge in [-0.25, -0.2) is 0 Å². The SMILES string of the molecule is CCOC(=O)CC1CCN(Cc2cccs2)CC1. The van der Waals surface area contributed by atoms with Gasteiger partial charge in [-0.3, -0.25) is 9.69 Å². The number of rotatable bonds is 5. The molecule has 18 heavy (non-hydrogen) atoms. The molecule has 0 bridgehead atoms. The molecule has 3 nitrogen and oxygen atoms in total. The molecule has 0 radical (unpaired) electrons. The smallest absolute Gasteiger partial charge is 0.306 e. The molecule has 0 spiro atoms. The molecule has 0 saturated carbocycles. The van der Waals surface area contributed by atoms with Crippen molar-refractivity contribution >= 4 is 17.3 Å². The largest absolute Gasteiger partial charge is 0.466 e. The van der Waals surface area contributed by atoms with Crippen LogP contribution in [0.4, 0.5) is 0 Å². The number of hydrogen-bond acceptors (Lipinski definition) is 4. The summed E-state index contributed by atoms with van der Waals surface area (Å²) in [6.45, 7) is 5.62. The molecule has 1 aromatic rings. The van der Waals surface area contributed by atoms with E-state index in [0.29, 0.717) is 18.9 Å². The number of carbonyl (C=O) groups excluding carboxylic acids is 1. The first kappa shape index (κ1) is 13.6. The molecule has 1 aliphatic rings. The summed E-state index contributed by atoms with van der Waals surface area (Å²) in [6.07, 6.45) is 2.83. The van der Waals surface area contributed by atoms with Crippen molar-refractivity contribution in [3.05, 3.63) is 22.4 Å². The van der Waals surface area contributed by atoms with Gasteiger partial charge in [0, 0.05) is 17.8 Å². The summed E-state index contributed by atoms with van der Waals surface area (Å²) in [7, 11) is 0. The summed E-state index contributed by atoms with van der Waals surface area (Å²) in [5.74, 6) is 0.484. The molecular weight excluding hydrogens is 246 g/mol. The lowest BCUT2D eigenvalue weighted by Crippen LogP contribution is -2.33. The predicted molar refractivity (Wildman–Crippen MR) is 73.6 cm³/mol. The van der Waals surface area contributed by atoms with Crippen LogP contribution in [0.25, 0.3) is 0 Å². The second-order valence-electron chi connectivity index (χ2n) is 4.81. The highest BCUT2D eigenvalue weighted by Crippen LogP contribution is 2.23. The summed E-state index contributed by atoms with van der Waals surface area (Å²) in [5.41, 5.74) is 0. The van der Waals surface area contributed by atoms with E-state index in [1.165, 1.54) is 4.88 Å². The van der Waals surface area contributed by atoms with Crippen LogP contribution in [-0.4, -0.2) is 30.6 Å². The maximum absolute atomic E-state index is 11.4. The molecule has 0 amide bonds. The van der Waals surface area contributed by atoms with Gasteiger partial charge in [0.1, 0.15) is 0 Å². The first-order chi connectivity index (χ1) is 8.78. The highest BCUT2D eigenvalue weighted by molar-refractivity contribution is 7.09. The molecular formula is C14H21NO2S. The van der Waals surface area contributed by atoms with Crippen LogP contribution in [0.5, 0.6) is 0 Å². The zero-order chi connectivity index (χ0) is 12.8. The van der Waals surface area contributed by atoms with Crippen LogP contribution in [0.3, 0.4) is 0 Å². The molecule has 1 aromatic heterocycles. The third-order valence-electron chi connectivity index (χ3n) is 3.43. The van der Waals surface area contributed by atoms with Crippen LogP contribution in [0, 0.1) is 5.92 Å². The van der Waals surface area contributed by atoms with Crippen molar-refractivity contribution < 1.29 is 9.53 Å². The summed E-state index contributed by atoms with van der Waals surface area (Å²) in [6, 6.07) is 4.29. The Morgan fingerprint density at radius 1 is 1.50 bits per heavy atom. The van der Waals surface area contributed by atoms with E-state index in [1.807, 2.05) is 18.3 Å². The first-order valence-electron chi connectivity index (χ1n) is 6.68. The summed E-state index contributed by atoms with van der Waals surface area (Å²) in [5, 5.41) is 2.13. The van der Waals surface area contributed by atoms with Gasteiger partial charge in [-0.1, -0.05) is 6.07 Å². The van der Waals surface area contributed by atoms with Gasteiger partial charge >= 0.3 is 5.97 Å². The van der Waals surface area contributed by atoms with Gasteiger partial charge in [-0.2, -0.15) is 0 Å². The number of ether oxygens (including phenoxy) is 1. The van der Waals surface area contributed by atoms with Crippen molar-refractivity contribution in [2.75, 3.05) is 19.7 Å². The van der Waals surface area contributed by atoms with Crippen LogP contribution >= 0.6 is 11.3 Å². The van der Waals surface area contributed by atoms with Gasteiger partial charge in [-0.05, 0) is 50.2 Å². The van der Waals surface area contributed by atoms with E-state index in [0.717, 1.165) is 32.5 Å². The number of thiophene rings is 1. The Balaban J connectivity index is 1.69. The standard InChI is InChI=1S/C14H21NO2S/c1-2-17-14(16)10-12-5-7-15(8-6-12)11-13-4-3-9-18-13/h3-4,9,12H,2,5-8,10-11H2,1H3. The third-order valence-corrected chi connectivity index (χ3v) is 4.29. The van der Waals surface area contributed by atoms with E-state index in [-0.39, 0.29) is 5.97 Å². The van der Waals surface area contributed by atoms with Crippen molar-refractivity contribution in [2.45, 2.75) is 32.7 Å². The maximum Gasteiger partial charge on any atom is 0.306 e. The molecule has 100 valence electrons. The summed E-state index contributed by atoms with van der Waals surface area (Å²) >= 11 is 1.82. The molecule has 4 heteroatoms.